The van der Waals surface area contributed by atoms with E-state index in [0.717, 1.165) is 11.3 Å². The molecular formula is C16H18N2O3. The molecule has 5 heteroatoms. The molecule has 0 aliphatic heterocycles. The van der Waals surface area contributed by atoms with Crippen LogP contribution in [0.3, 0.4) is 0 Å². The number of benzene rings is 2. The van der Waals surface area contributed by atoms with Gasteiger partial charge in [0.05, 0.1) is 14.2 Å². The van der Waals surface area contributed by atoms with E-state index in [1.54, 1.807) is 38.5 Å². The fourth-order valence-electron chi connectivity index (χ4n) is 1.91. The van der Waals surface area contributed by atoms with Crippen molar-refractivity contribution in [3.05, 3.63) is 53.6 Å². The second kappa shape index (κ2) is 6.65. The predicted molar refractivity (Wildman–Crippen MR) is 81.3 cm³/mol. The van der Waals surface area contributed by atoms with Gasteiger partial charge in [-0.3, -0.25) is 5.41 Å². The lowest BCUT2D eigenvalue weighted by Gasteiger charge is -2.12. The van der Waals surface area contributed by atoms with E-state index < -0.39 is 0 Å². The zero-order valence-corrected chi connectivity index (χ0v) is 12.1. The highest BCUT2D eigenvalue weighted by atomic mass is 16.5. The number of hydrogen-bond acceptors (Lipinski definition) is 4. The van der Waals surface area contributed by atoms with Crippen molar-refractivity contribution in [2.75, 3.05) is 14.2 Å². The molecule has 0 heterocycles. The minimum Gasteiger partial charge on any atom is -0.497 e. The molecule has 2 aromatic carbocycles. The lowest BCUT2D eigenvalue weighted by Crippen LogP contribution is -2.12. The number of rotatable bonds is 6. The molecular weight excluding hydrogens is 268 g/mol. The van der Waals surface area contributed by atoms with E-state index in [1.807, 2.05) is 18.2 Å². The summed E-state index contributed by atoms with van der Waals surface area (Å²) in [5.41, 5.74) is 6.97. The molecule has 21 heavy (non-hydrogen) atoms. The highest BCUT2D eigenvalue weighted by molar-refractivity contribution is 5.95. The van der Waals surface area contributed by atoms with Crippen LogP contribution in [0.4, 0.5) is 0 Å². The molecule has 3 N–H and O–H groups in total. The second-order valence-corrected chi connectivity index (χ2v) is 4.41. The quantitative estimate of drug-likeness (QED) is 0.632. The van der Waals surface area contributed by atoms with E-state index in [2.05, 4.69) is 0 Å². The van der Waals surface area contributed by atoms with Crippen molar-refractivity contribution in [3.63, 3.8) is 0 Å². The zero-order chi connectivity index (χ0) is 15.2. The summed E-state index contributed by atoms with van der Waals surface area (Å²) in [7, 11) is 3.20. The summed E-state index contributed by atoms with van der Waals surface area (Å²) in [4.78, 5) is 0. The average molecular weight is 286 g/mol. The summed E-state index contributed by atoms with van der Waals surface area (Å²) in [6.45, 7) is 0.317. The monoisotopic (exact) mass is 286 g/mol. The van der Waals surface area contributed by atoms with Gasteiger partial charge in [-0.2, -0.15) is 0 Å². The van der Waals surface area contributed by atoms with Gasteiger partial charge < -0.3 is 19.9 Å². The SMILES string of the molecule is COc1cccc(OCc2cc(C(=N)N)ccc2OC)c1. The summed E-state index contributed by atoms with van der Waals surface area (Å²) >= 11 is 0. The molecule has 0 saturated heterocycles. The first-order valence-corrected chi connectivity index (χ1v) is 6.42. The second-order valence-electron chi connectivity index (χ2n) is 4.41. The highest BCUT2D eigenvalue weighted by Crippen LogP contribution is 2.24. The van der Waals surface area contributed by atoms with Gasteiger partial charge in [0.1, 0.15) is 29.7 Å². The van der Waals surface area contributed by atoms with E-state index in [4.69, 9.17) is 25.4 Å². The first-order chi connectivity index (χ1) is 10.1. The van der Waals surface area contributed by atoms with Crippen molar-refractivity contribution < 1.29 is 14.2 Å². The topological polar surface area (TPSA) is 77.6 Å². The smallest absolute Gasteiger partial charge is 0.125 e. The standard InChI is InChI=1S/C16H18N2O3/c1-19-13-4-3-5-14(9-13)21-10-12-8-11(16(17)18)6-7-15(12)20-2/h3-9H,10H2,1-2H3,(H3,17,18). The molecule has 0 amide bonds. The number of nitrogens with one attached hydrogen (secondary N) is 1. The van der Waals surface area contributed by atoms with Crippen LogP contribution < -0.4 is 19.9 Å². The van der Waals surface area contributed by atoms with Gasteiger partial charge in [0.2, 0.25) is 0 Å². The van der Waals surface area contributed by atoms with E-state index in [-0.39, 0.29) is 5.84 Å². The van der Waals surface area contributed by atoms with E-state index >= 15 is 0 Å². The Morgan fingerprint density at radius 1 is 1.05 bits per heavy atom. The molecule has 0 aliphatic carbocycles. The van der Waals surface area contributed by atoms with Gasteiger partial charge in [-0.15, -0.1) is 0 Å². The molecule has 0 aromatic heterocycles. The third-order valence-electron chi connectivity index (χ3n) is 3.03. The maximum atomic E-state index is 7.49. The van der Waals surface area contributed by atoms with Gasteiger partial charge in [-0.05, 0) is 30.3 Å². The maximum Gasteiger partial charge on any atom is 0.125 e. The Hall–Kier alpha value is -2.69. The largest absolute Gasteiger partial charge is 0.497 e. The van der Waals surface area contributed by atoms with Gasteiger partial charge >= 0.3 is 0 Å². The molecule has 5 nitrogen and oxygen atoms in total. The van der Waals surface area contributed by atoms with Gasteiger partial charge in [0.25, 0.3) is 0 Å². The minimum atomic E-state index is 0.0142. The maximum absolute atomic E-state index is 7.49. The van der Waals surface area contributed by atoms with Gasteiger partial charge in [0, 0.05) is 17.2 Å². The van der Waals surface area contributed by atoms with Gasteiger partial charge in [0.15, 0.2) is 0 Å². The van der Waals surface area contributed by atoms with Crippen LogP contribution in [0.2, 0.25) is 0 Å². The summed E-state index contributed by atoms with van der Waals surface area (Å²) in [6.07, 6.45) is 0. The Labute approximate surface area is 123 Å². The van der Waals surface area contributed by atoms with E-state index in [9.17, 15) is 0 Å². The lowest BCUT2D eigenvalue weighted by atomic mass is 10.1. The molecule has 2 rings (SSSR count). The van der Waals surface area contributed by atoms with E-state index in [0.29, 0.717) is 23.7 Å². The molecule has 0 saturated carbocycles. The summed E-state index contributed by atoms with van der Waals surface area (Å²) in [5, 5.41) is 7.49. The predicted octanol–water partition coefficient (Wildman–Crippen LogP) is 2.57. The molecule has 0 aliphatic rings. The van der Waals surface area contributed by atoms with Crippen molar-refractivity contribution in [1.29, 1.82) is 5.41 Å². The highest BCUT2D eigenvalue weighted by Gasteiger charge is 2.07. The molecule has 0 atom stereocenters. The minimum absolute atomic E-state index is 0.0142. The Morgan fingerprint density at radius 3 is 2.48 bits per heavy atom. The first kappa shape index (κ1) is 14.7. The van der Waals surface area contributed by atoms with Crippen molar-refractivity contribution in [2.45, 2.75) is 6.61 Å². The number of ether oxygens (including phenoxy) is 3. The number of nitrogen functional groups attached to an aromatic ring is 1. The first-order valence-electron chi connectivity index (χ1n) is 6.42. The lowest BCUT2D eigenvalue weighted by molar-refractivity contribution is 0.294. The Balaban J connectivity index is 2.17. The van der Waals surface area contributed by atoms with Crippen molar-refractivity contribution in [2.24, 2.45) is 5.73 Å². The molecule has 0 radical (unpaired) electrons. The number of hydrogen-bond donors (Lipinski definition) is 2. The van der Waals surface area contributed by atoms with Crippen molar-refractivity contribution in [1.82, 2.24) is 0 Å². The molecule has 110 valence electrons. The summed E-state index contributed by atoms with van der Waals surface area (Å²) in [6, 6.07) is 12.7. The van der Waals surface area contributed by atoms with Gasteiger partial charge in [-0.25, -0.2) is 0 Å². The summed E-state index contributed by atoms with van der Waals surface area (Å²) < 4.78 is 16.2. The molecule has 0 unspecified atom stereocenters. The van der Waals surface area contributed by atoms with Crippen LogP contribution in [-0.2, 0) is 6.61 Å². The van der Waals surface area contributed by atoms with E-state index in [1.165, 1.54) is 0 Å². The molecule has 0 spiro atoms. The summed E-state index contributed by atoms with van der Waals surface area (Å²) in [5.74, 6) is 2.14. The number of nitrogens with two attached hydrogens (primary N) is 1. The Bertz CT molecular complexity index is 641. The Kier molecular flexibility index (Phi) is 4.66. The van der Waals surface area contributed by atoms with Crippen LogP contribution in [-0.4, -0.2) is 20.1 Å². The number of amidine groups is 1. The normalized spacial score (nSPS) is 10.0. The van der Waals surface area contributed by atoms with Crippen LogP contribution in [0.5, 0.6) is 17.2 Å². The molecule has 2 aromatic rings. The van der Waals surface area contributed by atoms with Crippen LogP contribution in [0.25, 0.3) is 0 Å². The van der Waals surface area contributed by atoms with Gasteiger partial charge in [-0.1, -0.05) is 6.07 Å². The van der Waals surface area contributed by atoms with Crippen LogP contribution in [0.15, 0.2) is 42.5 Å². The fraction of sp³-hybridized carbons (Fsp3) is 0.188. The molecule has 0 bridgehead atoms. The van der Waals surface area contributed by atoms with Crippen LogP contribution in [0, 0.1) is 5.41 Å². The number of methoxy groups -OCH3 is 2. The molecule has 0 fully saturated rings. The third kappa shape index (κ3) is 3.66. The van der Waals surface area contributed by atoms with Crippen molar-refractivity contribution in [3.8, 4) is 17.2 Å². The Morgan fingerprint density at radius 2 is 1.81 bits per heavy atom. The average Bonchev–Trinajstić information content (AvgIpc) is 2.52. The van der Waals surface area contributed by atoms with Crippen LogP contribution >= 0.6 is 0 Å². The third-order valence-corrected chi connectivity index (χ3v) is 3.03. The zero-order valence-electron chi connectivity index (χ0n) is 12.1. The van der Waals surface area contributed by atoms with Crippen molar-refractivity contribution >= 4 is 5.84 Å². The van der Waals surface area contributed by atoms with Crippen LogP contribution in [0.1, 0.15) is 11.1 Å². The fourth-order valence-corrected chi connectivity index (χ4v) is 1.91.